The molecular formula is C15H14ClF3N4. The van der Waals surface area contributed by atoms with Gasteiger partial charge in [-0.25, -0.2) is 4.99 Å². The summed E-state index contributed by atoms with van der Waals surface area (Å²) in [7, 11) is 0. The van der Waals surface area contributed by atoms with E-state index < -0.39 is 12.2 Å². The van der Waals surface area contributed by atoms with Crippen LogP contribution < -0.4 is 0 Å². The van der Waals surface area contributed by atoms with Gasteiger partial charge in [-0.05, 0) is 32.1 Å². The maximum atomic E-state index is 13.0. The second kappa shape index (κ2) is 5.65. The van der Waals surface area contributed by atoms with Crippen molar-refractivity contribution >= 4 is 17.3 Å². The molecule has 2 aliphatic rings. The fourth-order valence-corrected chi connectivity index (χ4v) is 2.74. The van der Waals surface area contributed by atoms with Crippen molar-refractivity contribution in [3.63, 3.8) is 0 Å². The Balaban J connectivity index is 1.91. The first kappa shape index (κ1) is 16.0. The highest BCUT2D eigenvalue weighted by molar-refractivity contribution is 6.31. The van der Waals surface area contributed by atoms with E-state index in [1.807, 2.05) is 0 Å². The lowest BCUT2D eigenvalue weighted by Crippen LogP contribution is -2.49. The van der Waals surface area contributed by atoms with Gasteiger partial charge in [0.05, 0.1) is 10.7 Å². The minimum Gasteiger partial charge on any atom is -0.262 e. The molecule has 2 aliphatic heterocycles. The average molecular weight is 343 g/mol. The van der Waals surface area contributed by atoms with E-state index in [4.69, 9.17) is 11.6 Å². The van der Waals surface area contributed by atoms with Crippen LogP contribution in [-0.4, -0.2) is 39.5 Å². The molecule has 0 saturated carbocycles. The molecule has 1 aromatic heterocycles. The van der Waals surface area contributed by atoms with Crippen LogP contribution in [0.1, 0.15) is 19.4 Å². The van der Waals surface area contributed by atoms with Crippen molar-refractivity contribution < 1.29 is 13.2 Å². The Morgan fingerprint density at radius 2 is 2.04 bits per heavy atom. The molecule has 0 bridgehead atoms. The smallest absolute Gasteiger partial charge is 0.262 e. The van der Waals surface area contributed by atoms with Crippen LogP contribution >= 0.6 is 11.6 Å². The molecule has 8 heteroatoms. The summed E-state index contributed by atoms with van der Waals surface area (Å²) in [5.41, 5.74) is 2.01. The van der Waals surface area contributed by atoms with E-state index in [-0.39, 0.29) is 6.54 Å². The van der Waals surface area contributed by atoms with Crippen molar-refractivity contribution in [3.05, 3.63) is 52.7 Å². The van der Waals surface area contributed by atoms with Gasteiger partial charge in [-0.15, -0.1) is 0 Å². The number of rotatable bonds is 2. The fraction of sp³-hybridized carbons (Fsp3) is 0.333. The molecule has 3 heterocycles. The number of hydrogen-bond acceptors (Lipinski definition) is 4. The van der Waals surface area contributed by atoms with Crippen molar-refractivity contribution in [1.82, 2.24) is 15.0 Å². The second-order valence-electron chi connectivity index (χ2n) is 5.39. The van der Waals surface area contributed by atoms with Gasteiger partial charge in [0.2, 0.25) is 0 Å². The number of aliphatic imine (C=N–C) groups is 1. The van der Waals surface area contributed by atoms with Crippen LogP contribution in [0.3, 0.4) is 0 Å². The first-order valence-electron chi connectivity index (χ1n) is 6.99. The van der Waals surface area contributed by atoms with E-state index in [2.05, 4.69) is 9.98 Å². The summed E-state index contributed by atoms with van der Waals surface area (Å²) >= 11 is 5.93. The van der Waals surface area contributed by atoms with Crippen LogP contribution in [0.2, 0.25) is 5.02 Å². The van der Waals surface area contributed by atoms with E-state index in [9.17, 15) is 13.2 Å². The second-order valence-corrected chi connectivity index (χ2v) is 5.82. The Morgan fingerprint density at radius 1 is 1.30 bits per heavy atom. The van der Waals surface area contributed by atoms with E-state index in [1.165, 1.54) is 16.2 Å². The van der Waals surface area contributed by atoms with Gasteiger partial charge in [0.1, 0.15) is 11.9 Å². The van der Waals surface area contributed by atoms with Crippen LogP contribution in [0.5, 0.6) is 0 Å². The minimum atomic E-state index is -4.30. The maximum absolute atomic E-state index is 13.0. The highest BCUT2D eigenvalue weighted by Crippen LogP contribution is 2.34. The predicted octanol–water partition coefficient (Wildman–Crippen LogP) is 3.77. The van der Waals surface area contributed by atoms with Crippen LogP contribution in [-0.2, 0) is 0 Å². The third-order valence-electron chi connectivity index (χ3n) is 3.77. The third-order valence-corrected chi connectivity index (χ3v) is 3.98. The molecule has 0 aliphatic carbocycles. The van der Waals surface area contributed by atoms with Crippen molar-refractivity contribution in [2.45, 2.75) is 26.1 Å². The topological polar surface area (TPSA) is 31.7 Å². The van der Waals surface area contributed by atoms with Crippen LogP contribution in [0.4, 0.5) is 13.2 Å². The number of fused-ring (bicyclic) bond motifs is 1. The number of pyridine rings is 1. The number of alkyl halides is 3. The number of hydrazine groups is 1. The average Bonchev–Trinajstić information content (AvgIpc) is 2.89. The Kier molecular flexibility index (Phi) is 3.93. The van der Waals surface area contributed by atoms with E-state index in [1.54, 1.807) is 31.3 Å². The van der Waals surface area contributed by atoms with Gasteiger partial charge < -0.3 is 0 Å². The zero-order chi connectivity index (χ0) is 16.8. The molecule has 1 aromatic rings. The summed E-state index contributed by atoms with van der Waals surface area (Å²) < 4.78 is 39.0. The summed E-state index contributed by atoms with van der Waals surface area (Å²) in [6.07, 6.45) is 2.24. The molecule has 0 fully saturated rings. The molecule has 122 valence electrons. The molecule has 0 amide bonds. The highest BCUT2D eigenvalue weighted by Gasteiger charge is 2.45. The summed E-state index contributed by atoms with van der Waals surface area (Å²) in [5.74, 6) is 0.482. The monoisotopic (exact) mass is 342 g/mol. The van der Waals surface area contributed by atoms with Gasteiger partial charge in [-0.3, -0.25) is 9.99 Å². The van der Waals surface area contributed by atoms with E-state index in [0.29, 0.717) is 22.3 Å². The lowest BCUT2D eigenvalue weighted by molar-refractivity contribution is -0.201. The standard InChI is InChI=1S/C15H14ClF3N4/c1-9-5-13(11-6-12(16)8-20-7-11)21-14-3-4-22(23(9)14)10(2)15(17,18)19/h3,5-8,10H,4H2,1-2H3/t10-/m0/s1. The maximum Gasteiger partial charge on any atom is 0.405 e. The molecule has 3 rings (SSSR count). The lowest BCUT2D eigenvalue weighted by atomic mass is 10.1. The third kappa shape index (κ3) is 2.98. The number of hydrogen-bond donors (Lipinski definition) is 0. The number of aromatic nitrogens is 1. The molecule has 4 nitrogen and oxygen atoms in total. The van der Waals surface area contributed by atoms with Gasteiger partial charge in [-0.1, -0.05) is 11.6 Å². The van der Waals surface area contributed by atoms with Crippen molar-refractivity contribution in [2.75, 3.05) is 6.54 Å². The fourth-order valence-electron chi connectivity index (χ4n) is 2.57. The Hall–Kier alpha value is -1.86. The Bertz CT molecular complexity index is 724. The first-order chi connectivity index (χ1) is 10.8. The van der Waals surface area contributed by atoms with Crippen LogP contribution in [0, 0.1) is 0 Å². The van der Waals surface area contributed by atoms with Crippen molar-refractivity contribution in [2.24, 2.45) is 4.99 Å². The first-order valence-corrected chi connectivity index (χ1v) is 7.36. The molecule has 0 saturated heterocycles. The summed E-state index contributed by atoms with van der Waals surface area (Å²) in [4.78, 5) is 8.45. The SMILES string of the molecule is CC1=CC(c2cncc(Cl)c2)=NC2=CCN([C@@H](C)C(F)(F)F)N12. The van der Waals surface area contributed by atoms with Gasteiger partial charge in [0.15, 0.2) is 0 Å². The van der Waals surface area contributed by atoms with Gasteiger partial charge in [0.25, 0.3) is 0 Å². The normalized spacial score (nSPS) is 19.9. The molecule has 0 radical (unpaired) electrons. The van der Waals surface area contributed by atoms with Crippen molar-refractivity contribution in [1.29, 1.82) is 0 Å². The largest absolute Gasteiger partial charge is 0.405 e. The zero-order valence-corrected chi connectivity index (χ0v) is 13.2. The molecule has 0 unspecified atom stereocenters. The number of nitrogens with zero attached hydrogens (tertiary/aromatic N) is 4. The predicted molar refractivity (Wildman–Crippen MR) is 81.7 cm³/mol. The van der Waals surface area contributed by atoms with Crippen LogP contribution in [0.15, 0.2) is 47.1 Å². The number of halogens is 4. The van der Waals surface area contributed by atoms with Crippen molar-refractivity contribution in [3.8, 4) is 0 Å². The molecular weight excluding hydrogens is 329 g/mol. The molecule has 1 atom stereocenters. The molecule has 0 aromatic carbocycles. The quantitative estimate of drug-likeness (QED) is 0.820. The van der Waals surface area contributed by atoms with Gasteiger partial charge in [0, 0.05) is 30.2 Å². The van der Waals surface area contributed by atoms with Gasteiger partial charge >= 0.3 is 6.18 Å². The zero-order valence-electron chi connectivity index (χ0n) is 12.5. The summed E-state index contributed by atoms with van der Waals surface area (Å²) in [6, 6.07) is 0.127. The Morgan fingerprint density at radius 3 is 2.70 bits per heavy atom. The molecule has 23 heavy (non-hydrogen) atoms. The van der Waals surface area contributed by atoms with E-state index in [0.717, 1.165) is 12.5 Å². The molecule has 0 spiro atoms. The highest BCUT2D eigenvalue weighted by atomic mass is 35.5. The lowest BCUT2D eigenvalue weighted by Gasteiger charge is -2.38. The van der Waals surface area contributed by atoms with Crippen LogP contribution in [0.25, 0.3) is 0 Å². The molecule has 0 N–H and O–H groups in total. The summed E-state index contributed by atoms with van der Waals surface area (Å²) in [5, 5.41) is 3.23. The number of allylic oxidation sites excluding steroid dienone is 2. The Labute approximate surface area is 136 Å². The minimum absolute atomic E-state index is 0.158. The van der Waals surface area contributed by atoms with E-state index >= 15 is 0 Å². The van der Waals surface area contributed by atoms with Gasteiger partial charge in [-0.2, -0.15) is 18.2 Å². The summed E-state index contributed by atoms with van der Waals surface area (Å²) in [6.45, 7) is 3.05.